The van der Waals surface area contributed by atoms with Gasteiger partial charge in [0.1, 0.15) is 5.75 Å². The maximum atomic E-state index is 5.54. The van der Waals surface area contributed by atoms with Crippen molar-refractivity contribution in [2.75, 3.05) is 20.4 Å². The van der Waals surface area contributed by atoms with Gasteiger partial charge in [-0.3, -0.25) is 0 Å². The van der Waals surface area contributed by atoms with E-state index in [9.17, 15) is 0 Å². The Kier molecular flexibility index (Phi) is 3.83. The number of fused-ring (bicyclic) bond motifs is 2. The Bertz CT molecular complexity index is 697. The highest BCUT2D eigenvalue weighted by Crippen LogP contribution is 2.39. The van der Waals surface area contributed by atoms with Crippen molar-refractivity contribution in [3.05, 3.63) is 53.1 Å². The van der Waals surface area contributed by atoms with Gasteiger partial charge in [-0.15, -0.1) is 0 Å². The number of hydrogen-bond acceptors (Lipinski definition) is 4. The number of aryl methyl sites for hydroxylation is 1. The zero-order valence-electron chi connectivity index (χ0n) is 13.3. The van der Waals surface area contributed by atoms with Gasteiger partial charge in [0, 0.05) is 6.04 Å². The summed E-state index contributed by atoms with van der Waals surface area (Å²) in [6, 6.07) is 13.0. The Morgan fingerprint density at radius 1 is 1.13 bits per heavy atom. The first-order chi connectivity index (χ1) is 11.3. The molecule has 2 aromatic carbocycles. The van der Waals surface area contributed by atoms with Crippen LogP contribution in [0.25, 0.3) is 0 Å². The van der Waals surface area contributed by atoms with Crippen molar-refractivity contribution in [1.82, 2.24) is 5.32 Å². The summed E-state index contributed by atoms with van der Waals surface area (Å²) in [6.07, 6.45) is 3.15. The monoisotopic (exact) mass is 311 g/mol. The van der Waals surface area contributed by atoms with Gasteiger partial charge in [-0.05, 0) is 66.8 Å². The molecule has 120 valence electrons. The van der Waals surface area contributed by atoms with Gasteiger partial charge in [0.05, 0.1) is 7.11 Å². The molecular weight excluding hydrogens is 290 g/mol. The number of rotatable bonds is 4. The molecule has 0 saturated carbocycles. The van der Waals surface area contributed by atoms with Crippen LogP contribution >= 0.6 is 0 Å². The number of nitrogens with one attached hydrogen (secondary N) is 1. The molecule has 2 aliphatic heterocycles. The molecule has 23 heavy (non-hydrogen) atoms. The maximum absolute atomic E-state index is 5.54. The Morgan fingerprint density at radius 2 is 1.91 bits per heavy atom. The third kappa shape index (κ3) is 2.86. The molecule has 0 aliphatic carbocycles. The lowest BCUT2D eigenvalue weighted by Crippen LogP contribution is -2.30. The van der Waals surface area contributed by atoms with Crippen LogP contribution in [0.4, 0.5) is 0 Å². The van der Waals surface area contributed by atoms with E-state index in [2.05, 4.69) is 29.6 Å². The molecule has 0 spiro atoms. The predicted octanol–water partition coefficient (Wildman–Crippen LogP) is 3.24. The summed E-state index contributed by atoms with van der Waals surface area (Å²) in [6.45, 7) is 1.35. The summed E-state index contributed by atoms with van der Waals surface area (Å²) >= 11 is 0. The summed E-state index contributed by atoms with van der Waals surface area (Å²) in [7, 11) is 1.70. The van der Waals surface area contributed by atoms with E-state index in [1.807, 2.05) is 12.1 Å². The van der Waals surface area contributed by atoms with Crippen molar-refractivity contribution in [2.24, 2.45) is 0 Å². The lowest BCUT2D eigenvalue weighted by molar-refractivity contribution is 0.174. The van der Waals surface area contributed by atoms with Gasteiger partial charge in [-0.1, -0.05) is 12.1 Å². The van der Waals surface area contributed by atoms with Gasteiger partial charge in [-0.2, -0.15) is 0 Å². The minimum Gasteiger partial charge on any atom is -0.497 e. The molecule has 1 unspecified atom stereocenters. The normalized spacial score (nSPS) is 18.6. The Labute approximate surface area is 136 Å². The van der Waals surface area contributed by atoms with Crippen LogP contribution in [0.15, 0.2) is 36.4 Å². The van der Waals surface area contributed by atoms with E-state index in [1.165, 1.54) is 16.7 Å². The van der Waals surface area contributed by atoms with Crippen LogP contribution in [0.1, 0.15) is 29.2 Å². The van der Waals surface area contributed by atoms with Crippen LogP contribution in [-0.4, -0.2) is 20.4 Å². The zero-order valence-corrected chi connectivity index (χ0v) is 13.3. The summed E-state index contributed by atoms with van der Waals surface area (Å²) in [5, 5.41) is 3.64. The average Bonchev–Trinajstić information content (AvgIpc) is 3.05. The summed E-state index contributed by atoms with van der Waals surface area (Å²) in [5.41, 5.74) is 4.07. The zero-order chi connectivity index (χ0) is 15.6. The van der Waals surface area contributed by atoms with E-state index in [1.54, 1.807) is 7.11 Å². The summed E-state index contributed by atoms with van der Waals surface area (Å²) in [4.78, 5) is 0. The van der Waals surface area contributed by atoms with Crippen molar-refractivity contribution in [1.29, 1.82) is 0 Å². The first kappa shape index (κ1) is 14.4. The predicted molar refractivity (Wildman–Crippen MR) is 88.3 cm³/mol. The fraction of sp³-hybridized carbons (Fsp3) is 0.368. The van der Waals surface area contributed by atoms with Crippen LogP contribution < -0.4 is 19.5 Å². The molecule has 4 nitrogen and oxygen atoms in total. The van der Waals surface area contributed by atoms with Gasteiger partial charge in [-0.25, -0.2) is 0 Å². The number of hydrogen-bond donors (Lipinski definition) is 1. The molecule has 4 heteroatoms. The molecular formula is C19H21NO3. The molecule has 0 aromatic heterocycles. The molecule has 2 aromatic rings. The van der Waals surface area contributed by atoms with E-state index in [0.717, 1.165) is 43.1 Å². The van der Waals surface area contributed by atoms with Crippen LogP contribution in [-0.2, 0) is 12.8 Å². The van der Waals surface area contributed by atoms with Crippen LogP contribution in [0, 0.1) is 0 Å². The summed E-state index contributed by atoms with van der Waals surface area (Å²) < 4.78 is 16.2. The number of methoxy groups -OCH3 is 1. The van der Waals surface area contributed by atoms with Crippen molar-refractivity contribution in [3.8, 4) is 17.2 Å². The highest BCUT2D eigenvalue weighted by Gasteiger charge is 2.24. The largest absolute Gasteiger partial charge is 0.497 e. The smallest absolute Gasteiger partial charge is 0.231 e. The molecule has 2 aliphatic rings. The fourth-order valence-corrected chi connectivity index (χ4v) is 3.39. The molecule has 0 radical (unpaired) electrons. The second kappa shape index (κ2) is 6.13. The molecule has 0 amide bonds. The second-order valence-corrected chi connectivity index (χ2v) is 6.05. The molecule has 0 saturated heterocycles. The van der Waals surface area contributed by atoms with Crippen molar-refractivity contribution in [2.45, 2.75) is 25.3 Å². The summed E-state index contributed by atoms with van der Waals surface area (Å²) in [5.74, 6) is 2.67. The molecule has 4 rings (SSSR count). The van der Waals surface area contributed by atoms with E-state index in [-0.39, 0.29) is 0 Å². The molecule has 1 atom stereocenters. The van der Waals surface area contributed by atoms with Gasteiger partial charge in [0.25, 0.3) is 0 Å². The van der Waals surface area contributed by atoms with Gasteiger partial charge >= 0.3 is 0 Å². The molecule has 0 bridgehead atoms. The fourth-order valence-electron chi connectivity index (χ4n) is 3.39. The number of benzene rings is 2. The van der Waals surface area contributed by atoms with Crippen molar-refractivity contribution < 1.29 is 14.2 Å². The lowest BCUT2D eigenvalue weighted by Gasteiger charge is -2.27. The topological polar surface area (TPSA) is 39.7 Å². The Hall–Kier alpha value is -2.20. The van der Waals surface area contributed by atoms with E-state index < -0.39 is 0 Å². The van der Waals surface area contributed by atoms with Crippen LogP contribution in [0.3, 0.4) is 0 Å². The van der Waals surface area contributed by atoms with Gasteiger partial charge in [0.15, 0.2) is 11.5 Å². The van der Waals surface area contributed by atoms with Gasteiger partial charge in [0.2, 0.25) is 6.79 Å². The first-order valence-corrected chi connectivity index (χ1v) is 8.12. The Morgan fingerprint density at radius 3 is 2.70 bits per heavy atom. The number of ether oxygens (including phenoxy) is 3. The molecule has 0 fully saturated rings. The van der Waals surface area contributed by atoms with Gasteiger partial charge < -0.3 is 19.5 Å². The van der Waals surface area contributed by atoms with Crippen molar-refractivity contribution >= 4 is 0 Å². The molecule has 2 heterocycles. The SMILES string of the molecule is COc1ccc(CCC2NCCc3cc4c(cc32)OCO4)cc1. The third-order valence-electron chi connectivity index (χ3n) is 4.68. The lowest BCUT2D eigenvalue weighted by atomic mass is 9.90. The minimum atomic E-state index is 0.335. The Balaban J connectivity index is 1.50. The first-order valence-electron chi connectivity index (χ1n) is 8.12. The quantitative estimate of drug-likeness (QED) is 0.941. The van der Waals surface area contributed by atoms with E-state index >= 15 is 0 Å². The highest BCUT2D eigenvalue weighted by molar-refractivity contribution is 5.50. The van der Waals surface area contributed by atoms with Crippen LogP contribution in [0.2, 0.25) is 0 Å². The average molecular weight is 311 g/mol. The van der Waals surface area contributed by atoms with E-state index in [0.29, 0.717) is 12.8 Å². The highest BCUT2D eigenvalue weighted by atomic mass is 16.7. The van der Waals surface area contributed by atoms with Crippen molar-refractivity contribution in [3.63, 3.8) is 0 Å². The third-order valence-corrected chi connectivity index (χ3v) is 4.68. The second-order valence-electron chi connectivity index (χ2n) is 6.05. The minimum absolute atomic E-state index is 0.335. The standard InChI is InChI=1S/C19H21NO3/c1-21-15-5-2-13(3-6-15)4-7-17-16-11-19-18(22-12-23-19)10-14(16)8-9-20-17/h2-3,5-6,10-11,17,20H,4,7-9,12H2,1H3. The maximum Gasteiger partial charge on any atom is 0.231 e. The van der Waals surface area contributed by atoms with E-state index in [4.69, 9.17) is 14.2 Å². The molecule has 1 N–H and O–H groups in total. The van der Waals surface area contributed by atoms with Crippen LogP contribution in [0.5, 0.6) is 17.2 Å².